The first kappa shape index (κ1) is 13.6. The highest BCUT2D eigenvalue weighted by molar-refractivity contribution is 5.92. The minimum atomic E-state index is -0.503. The lowest BCUT2D eigenvalue weighted by atomic mass is 10.1. The smallest absolute Gasteiger partial charge is 0.248 e. The summed E-state index contributed by atoms with van der Waals surface area (Å²) < 4.78 is 13.7. The number of benzene rings is 2. The van der Waals surface area contributed by atoms with E-state index in [9.17, 15) is 9.18 Å². The van der Waals surface area contributed by atoms with Crippen molar-refractivity contribution in [3.63, 3.8) is 0 Å². The number of rotatable bonds is 4. The van der Waals surface area contributed by atoms with Gasteiger partial charge in [0.05, 0.1) is 17.3 Å². The number of nitrogens with zero attached hydrogens (tertiary/aromatic N) is 1. The molecule has 0 aromatic heterocycles. The number of amides is 1. The van der Waals surface area contributed by atoms with Crippen LogP contribution in [0.4, 0.5) is 10.1 Å². The van der Waals surface area contributed by atoms with Gasteiger partial charge in [-0.25, -0.2) is 4.39 Å². The molecule has 3 N–H and O–H groups in total. The Balaban J connectivity index is 2.11. The molecule has 0 aliphatic rings. The van der Waals surface area contributed by atoms with E-state index in [2.05, 4.69) is 5.32 Å². The van der Waals surface area contributed by atoms with Crippen molar-refractivity contribution in [3.05, 3.63) is 65.0 Å². The van der Waals surface area contributed by atoms with Crippen LogP contribution in [-0.4, -0.2) is 5.91 Å². The Kier molecular flexibility index (Phi) is 3.96. The van der Waals surface area contributed by atoms with Crippen LogP contribution in [-0.2, 0) is 6.54 Å². The summed E-state index contributed by atoms with van der Waals surface area (Å²) in [5, 5.41) is 11.6. The van der Waals surface area contributed by atoms with Gasteiger partial charge in [-0.05, 0) is 35.9 Å². The van der Waals surface area contributed by atoms with Crippen molar-refractivity contribution in [2.45, 2.75) is 6.54 Å². The maximum absolute atomic E-state index is 13.7. The van der Waals surface area contributed by atoms with Crippen LogP contribution >= 0.6 is 0 Å². The second-order valence-electron chi connectivity index (χ2n) is 4.22. The van der Waals surface area contributed by atoms with Gasteiger partial charge in [-0.2, -0.15) is 5.26 Å². The monoisotopic (exact) mass is 269 g/mol. The van der Waals surface area contributed by atoms with Crippen molar-refractivity contribution in [1.29, 1.82) is 5.26 Å². The van der Waals surface area contributed by atoms with Crippen LogP contribution < -0.4 is 11.1 Å². The van der Waals surface area contributed by atoms with Crippen molar-refractivity contribution in [1.82, 2.24) is 0 Å². The van der Waals surface area contributed by atoms with Gasteiger partial charge in [0, 0.05) is 12.1 Å². The van der Waals surface area contributed by atoms with E-state index < -0.39 is 11.7 Å². The molecule has 2 aromatic rings. The van der Waals surface area contributed by atoms with Gasteiger partial charge in [0.1, 0.15) is 5.82 Å². The highest BCUT2D eigenvalue weighted by Crippen LogP contribution is 2.16. The van der Waals surface area contributed by atoms with Crippen LogP contribution in [0.1, 0.15) is 21.5 Å². The Morgan fingerprint density at radius 2 is 2.10 bits per heavy atom. The fourth-order valence-corrected chi connectivity index (χ4v) is 1.76. The van der Waals surface area contributed by atoms with E-state index in [1.54, 1.807) is 24.3 Å². The number of nitrogens with one attached hydrogen (secondary N) is 1. The molecule has 100 valence electrons. The average molecular weight is 269 g/mol. The summed E-state index contributed by atoms with van der Waals surface area (Å²) in [6, 6.07) is 12.9. The van der Waals surface area contributed by atoms with E-state index in [1.807, 2.05) is 6.07 Å². The van der Waals surface area contributed by atoms with Crippen molar-refractivity contribution in [3.8, 4) is 6.07 Å². The molecule has 2 rings (SSSR count). The largest absolute Gasteiger partial charge is 0.379 e. The Morgan fingerprint density at radius 3 is 2.75 bits per heavy atom. The number of nitrogens with two attached hydrogens (primary N) is 1. The van der Waals surface area contributed by atoms with Crippen molar-refractivity contribution < 1.29 is 9.18 Å². The van der Waals surface area contributed by atoms with Crippen LogP contribution in [0.25, 0.3) is 0 Å². The van der Waals surface area contributed by atoms with Crippen molar-refractivity contribution in [2.24, 2.45) is 5.73 Å². The lowest BCUT2D eigenvalue weighted by Gasteiger charge is -2.08. The second-order valence-corrected chi connectivity index (χ2v) is 4.22. The maximum atomic E-state index is 13.7. The number of hydrogen-bond acceptors (Lipinski definition) is 3. The number of anilines is 1. The van der Waals surface area contributed by atoms with Gasteiger partial charge in [0.15, 0.2) is 0 Å². The molecule has 0 aliphatic carbocycles. The molecule has 0 spiro atoms. The SMILES string of the molecule is N#Cc1ccc(NCc2cccc(C(N)=O)c2)c(F)c1. The first-order valence-electron chi connectivity index (χ1n) is 5.92. The zero-order valence-electron chi connectivity index (χ0n) is 10.6. The number of carbonyl (C=O) groups is 1. The molecular formula is C15H12FN3O. The molecule has 0 aliphatic heterocycles. The van der Waals surface area contributed by atoms with E-state index in [-0.39, 0.29) is 5.56 Å². The Bertz CT molecular complexity index is 692. The number of halogens is 1. The van der Waals surface area contributed by atoms with Crippen LogP contribution in [0.5, 0.6) is 0 Å². The molecule has 4 nitrogen and oxygen atoms in total. The molecule has 20 heavy (non-hydrogen) atoms. The minimum absolute atomic E-state index is 0.267. The summed E-state index contributed by atoms with van der Waals surface area (Å²) in [6.45, 7) is 0.351. The maximum Gasteiger partial charge on any atom is 0.248 e. The molecule has 0 bridgehead atoms. The summed E-state index contributed by atoms with van der Waals surface area (Å²) in [5.41, 5.74) is 6.98. The fraction of sp³-hybridized carbons (Fsp3) is 0.0667. The number of carbonyl (C=O) groups excluding carboxylic acids is 1. The number of primary amides is 1. The van der Waals surface area contributed by atoms with Crippen molar-refractivity contribution >= 4 is 11.6 Å². The molecule has 0 unspecified atom stereocenters. The van der Waals surface area contributed by atoms with E-state index >= 15 is 0 Å². The van der Waals surface area contributed by atoms with E-state index in [1.165, 1.54) is 18.2 Å². The van der Waals surface area contributed by atoms with Crippen LogP contribution in [0.3, 0.4) is 0 Å². The van der Waals surface area contributed by atoms with Gasteiger partial charge in [-0.15, -0.1) is 0 Å². The minimum Gasteiger partial charge on any atom is -0.379 e. The normalized spacial score (nSPS) is 9.80. The summed E-state index contributed by atoms with van der Waals surface area (Å²) in [6.07, 6.45) is 0. The molecule has 0 heterocycles. The quantitative estimate of drug-likeness (QED) is 0.894. The molecule has 5 heteroatoms. The summed E-state index contributed by atoms with van der Waals surface area (Å²) in [5.74, 6) is -0.994. The average Bonchev–Trinajstić information content (AvgIpc) is 2.46. The fourth-order valence-electron chi connectivity index (χ4n) is 1.76. The van der Waals surface area contributed by atoms with Gasteiger partial charge >= 0.3 is 0 Å². The van der Waals surface area contributed by atoms with Gasteiger partial charge in [-0.1, -0.05) is 12.1 Å². The first-order valence-corrected chi connectivity index (χ1v) is 5.92. The molecule has 0 radical (unpaired) electrons. The molecule has 2 aromatic carbocycles. The molecule has 1 amide bonds. The Hall–Kier alpha value is -2.87. The first-order chi connectivity index (χ1) is 9.60. The van der Waals surface area contributed by atoms with Crippen LogP contribution in [0.2, 0.25) is 0 Å². The molecule has 0 saturated carbocycles. The Morgan fingerprint density at radius 1 is 1.30 bits per heavy atom. The third-order valence-corrected chi connectivity index (χ3v) is 2.79. The topological polar surface area (TPSA) is 78.9 Å². The third kappa shape index (κ3) is 3.12. The zero-order chi connectivity index (χ0) is 14.5. The Labute approximate surface area is 115 Å². The lowest BCUT2D eigenvalue weighted by Crippen LogP contribution is -2.11. The number of nitriles is 1. The predicted molar refractivity (Wildman–Crippen MR) is 73.4 cm³/mol. The van der Waals surface area contributed by atoms with Crippen LogP contribution in [0, 0.1) is 17.1 Å². The van der Waals surface area contributed by atoms with Crippen molar-refractivity contribution in [2.75, 3.05) is 5.32 Å². The van der Waals surface area contributed by atoms with E-state index in [4.69, 9.17) is 11.0 Å². The molecule has 0 saturated heterocycles. The van der Waals surface area contributed by atoms with Crippen LogP contribution in [0.15, 0.2) is 42.5 Å². The third-order valence-electron chi connectivity index (χ3n) is 2.79. The lowest BCUT2D eigenvalue weighted by molar-refractivity contribution is 0.1000. The highest BCUT2D eigenvalue weighted by Gasteiger charge is 2.05. The van der Waals surface area contributed by atoms with E-state index in [0.717, 1.165) is 5.56 Å². The molecular weight excluding hydrogens is 257 g/mol. The summed E-state index contributed by atoms with van der Waals surface area (Å²) >= 11 is 0. The summed E-state index contributed by atoms with van der Waals surface area (Å²) in [4.78, 5) is 11.1. The summed E-state index contributed by atoms with van der Waals surface area (Å²) in [7, 11) is 0. The second kappa shape index (κ2) is 5.85. The van der Waals surface area contributed by atoms with E-state index in [0.29, 0.717) is 17.8 Å². The van der Waals surface area contributed by atoms with Gasteiger partial charge in [0.2, 0.25) is 5.91 Å². The molecule has 0 atom stereocenters. The van der Waals surface area contributed by atoms with Gasteiger partial charge in [0.25, 0.3) is 0 Å². The van der Waals surface area contributed by atoms with Gasteiger partial charge < -0.3 is 11.1 Å². The molecule has 0 fully saturated rings. The predicted octanol–water partition coefficient (Wildman–Crippen LogP) is 2.41. The number of hydrogen-bond donors (Lipinski definition) is 2. The zero-order valence-corrected chi connectivity index (χ0v) is 10.6. The van der Waals surface area contributed by atoms with Gasteiger partial charge in [-0.3, -0.25) is 4.79 Å². The standard InChI is InChI=1S/C15H12FN3O/c16-13-7-10(8-17)4-5-14(13)19-9-11-2-1-3-12(6-11)15(18)20/h1-7,19H,9H2,(H2,18,20). The highest BCUT2D eigenvalue weighted by atomic mass is 19.1.